The van der Waals surface area contributed by atoms with Crippen molar-refractivity contribution in [2.24, 2.45) is 0 Å². The van der Waals surface area contributed by atoms with Gasteiger partial charge in [0.25, 0.3) is 5.91 Å². The highest BCUT2D eigenvalue weighted by molar-refractivity contribution is 5.99. The summed E-state index contributed by atoms with van der Waals surface area (Å²) in [6.07, 6.45) is 4.24. The van der Waals surface area contributed by atoms with E-state index in [1.165, 1.54) is 6.07 Å². The first-order valence-corrected chi connectivity index (χ1v) is 6.70. The van der Waals surface area contributed by atoms with Crippen LogP contribution in [0.5, 0.6) is 0 Å². The number of aromatic nitrogens is 1. The summed E-state index contributed by atoms with van der Waals surface area (Å²) in [4.78, 5) is 18.4. The summed E-state index contributed by atoms with van der Waals surface area (Å²) in [6, 6.07) is 1.63. The predicted molar refractivity (Wildman–Crippen MR) is 72.7 cm³/mol. The molecule has 0 aromatic carbocycles. The van der Waals surface area contributed by atoms with Gasteiger partial charge in [0.05, 0.1) is 11.8 Å². The first kappa shape index (κ1) is 13.8. The van der Waals surface area contributed by atoms with Gasteiger partial charge < -0.3 is 10.2 Å². The molecule has 104 valence electrons. The molecule has 1 aliphatic heterocycles. The summed E-state index contributed by atoms with van der Waals surface area (Å²) in [5.41, 5.74) is 0.308. The fourth-order valence-electron chi connectivity index (χ4n) is 2.76. The molecule has 2 rings (SSSR count). The lowest BCUT2D eigenvalue weighted by atomic mass is 9.96. The maximum Gasteiger partial charge on any atom is 0.258 e. The Balaban J connectivity index is 2.35. The van der Waals surface area contributed by atoms with Crippen molar-refractivity contribution < 1.29 is 9.18 Å². The van der Waals surface area contributed by atoms with Crippen LogP contribution in [0.25, 0.3) is 0 Å². The van der Waals surface area contributed by atoms with Gasteiger partial charge >= 0.3 is 0 Å². The highest BCUT2D eigenvalue weighted by Crippen LogP contribution is 2.26. The zero-order chi connectivity index (χ0) is 14.0. The van der Waals surface area contributed by atoms with Gasteiger partial charge in [-0.1, -0.05) is 0 Å². The zero-order valence-electron chi connectivity index (χ0n) is 11.6. The summed E-state index contributed by atoms with van der Waals surface area (Å²) < 4.78 is 13.3. The smallest absolute Gasteiger partial charge is 0.258 e. The minimum absolute atomic E-state index is 0.143. The van der Waals surface area contributed by atoms with E-state index in [1.807, 2.05) is 18.7 Å². The third-order valence-corrected chi connectivity index (χ3v) is 3.75. The molecule has 2 atom stereocenters. The average Bonchev–Trinajstić information content (AvgIpc) is 2.38. The predicted octanol–water partition coefficient (Wildman–Crippen LogP) is 2.67. The molecule has 4 nitrogen and oxygen atoms in total. The van der Waals surface area contributed by atoms with E-state index in [4.69, 9.17) is 0 Å². The van der Waals surface area contributed by atoms with E-state index in [1.54, 1.807) is 7.05 Å². The van der Waals surface area contributed by atoms with Crippen molar-refractivity contribution >= 4 is 11.7 Å². The Morgan fingerprint density at radius 2 is 2.05 bits per heavy atom. The first-order chi connectivity index (χ1) is 9.04. The lowest BCUT2D eigenvalue weighted by molar-refractivity contribution is 0.0511. The van der Waals surface area contributed by atoms with Crippen molar-refractivity contribution in [3.63, 3.8) is 0 Å². The number of nitrogens with zero attached hydrogens (tertiary/aromatic N) is 2. The third-order valence-electron chi connectivity index (χ3n) is 3.75. The highest BCUT2D eigenvalue weighted by Gasteiger charge is 2.31. The average molecular weight is 265 g/mol. The lowest BCUT2D eigenvalue weighted by Gasteiger charge is -2.39. The number of hydrogen-bond acceptors (Lipinski definition) is 3. The molecule has 2 heterocycles. The van der Waals surface area contributed by atoms with Gasteiger partial charge in [0.2, 0.25) is 0 Å². The molecule has 0 spiro atoms. The second kappa shape index (κ2) is 5.55. The summed E-state index contributed by atoms with van der Waals surface area (Å²) in [5.74, 6) is -0.202. The number of piperidine rings is 1. The van der Waals surface area contributed by atoms with Crippen LogP contribution in [0.2, 0.25) is 0 Å². The molecule has 1 fully saturated rings. The van der Waals surface area contributed by atoms with Crippen molar-refractivity contribution in [3.8, 4) is 0 Å². The summed E-state index contributed by atoms with van der Waals surface area (Å²) in [5, 5.41) is 2.85. The molecule has 1 amide bonds. The largest absolute Gasteiger partial charge is 0.372 e. The number of rotatable bonds is 2. The van der Waals surface area contributed by atoms with Gasteiger partial charge in [0.1, 0.15) is 11.6 Å². The summed E-state index contributed by atoms with van der Waals surface area (Å²) >= 11 is 0. The number of pyridine rings is 1. The Bertz CT molecular complexity index is 468. The van der Waals surface area contributed by atoms with E-state index >= 15 is 0 Å². The molecule has 1 saturated heterocycles. The molecular formula is C14H20FN3O. The maximum atomic E-state index is 13.3. The maximum absolute atomic E-state index is 13.3. The third kappa shape index (κ3) is 2.69. The van der Waals surface area contributed by atoms with Gasteiger partial charge in [0, 0.05) is 19.1 Å². The first-order valence-electron chi connectivity index (χ1n) is 6.70. The molecule has 0 unspecified atom stereocenters. The van der Waals surface area contributed by atoms with Crippen LogP contribution in [0.15, 0.2) is 12.3 Å². The van der Waals surface area contributed by atoms with E-state index in [2.05, 4.69) is 10.3 Å². The normalized spacial score (nSPS) is 23.3. The zero-order valence-corrected chi connectivity index (χ0v) is 11.6. The van der Waals surface area contributed by atoms with E-state index in [0.29, 0.717) is 11.4 Å². The topological polar surface area (TPSA) is 45.2 Å². The van der Waals surface area contributed by atoms with Crippen LogP contribution in [0.1, 0.15) is 43.5 Å². The highest BCUT2D eigenvalue weighted by atomic mass is 19.1. The van der Waals surface area contributed by atoms with Crippen LogP contribution in [-0.2, 0) is 0 Å². The molecule has 1 aromatic heterocycles. The second-order valence-corrected chi connectivity index (χ2v) is 5.14. The molecule has 19 heavy (non-hydrogen) atoms. The SMILES string of the molecule is CNc1ncc(F)cc1C(=O)N1[C@H](C)CCC[C@@H]1C. The molecule has 1 N–H and O–H groups in total. The standard InChI is InChI=1S/C14H20FN3O/c1-9-5-4-6-10(2)18(9)14(19)12-7-11(15)8-17-13(12)16-3/h7-10H,4-6H2,1-3H3,(H,16,17)/t9-,10+. The van der Waals surface area contributed by atoms with E-state index in [0.717, 1.165) is 25.5 Å². The van der Waals surface area contributed by atoms with Crippen LogP contribution in [-0.4, -0.2) is 34.9 Å². The van der Waals surface area contributed by atoms with Crippen LogP contribution < -0.4 is 5.32 Å². The molecule has 1 aliphatic rings. The van der Waals surface area contributed by atoms with Crippen molar-refractivity contribution in [1.82, 2.24) is 9.88 Å². The molecule has 0 aliphatic carbocycles. The monoisotopic (exact) mass is 265 g/mol. The number of anilines is 1. The van der Waals surface area contributed by atoms with Crippen LogP contribution in [0, 0.1) is 5.82 Å². The van der Waals surface area contributed by atoms with Gasteiger partial charge in [-0.3, -0.25) is 4.79 Å². The summed E-state index contributed by atoms with van der Waals surface area (Å²) in [6.45, 7) is 4.08. The number of carbonyl (C=O) groups is 1. The number of amides is 1. The Kier molecular flexibility index (Phi) is 4.02. The van der Waals surface area contributed by atoms with Crippen molar-refractivity contribution in [2.45, 2.75) is 45.2 Å². The Labute approximate surface area is 113 Å². The lowest BCUT2D eigenvalue weighted by Crippen LogP contribution is -2.47. The Hall–Kier alpha value is -1.65. The number of carbonyl (C=O) groups excluding carboxylic acids is 1. The molecule has 0 saturated carbocycles. The molecule has 0 radical (unpaired) electrons. The minimum Gasteiger partial charge on any atom is -0.372 e. The molecule has 5 heteroatoms. The van der Waals surface area contributed by atoms with Crippen molar-refractivity contribution in [1.29, 1.82) is 0 Å². The van der Waals surface area contributed by atoms with E-state index < -0.39 is 5.82 Å². The van der Waals surface area contributed by atoms with E-state index in [-0.39, 0.29) is 18.0 Å². The number of nitrogens with one attached hydrogen (secondary N) is 1. The van der Waals surface area contributed by atoms with Gasteiger partial charge in [-0.2, -0.15) is 0 Å². The number of halogens is 1. The van der Waals surface area contributed by atoms with Crippen LogP contribution in [0.4, 0.5) is 10.2 Å². The van der Waals surface area contributed by atoms with E-state index in [9.17, 15) is 9.18 Å². The number of hydrogen-bond donors (Lipinski definition) is 1. The van der Waals surface area contributed by atoms with Crippen molar-refractivity contribution in [2.75, 3.05) is 12.4 Å². The Morgan fingerprint density at radius 3 is 2.63 bits per heavy atom. The molecule has 0 bridgehead atoms. The Morgan fingerprint density at radius 1 is 1.42 bits per heavy atom. The van der Waals surface area contributed by atoms with Crippen LogP contribution >= 0.6 is 0 Å². The minimum atomic E-state index is -0.486. The van der Waals surface area contributed by atoms with Gasteiger partial charge in [-0.25, -0.2) is 9.37 Å². The quantitative estimate of drug-likeness (QED) is 0.894. The number of likely N-dealkylation sites (tertiary alicyclic amines) is 1. The molecular weight excluding hydrogens is 245 g/mol. The summed E-state index contributed by atoms with van der Waals surface area (Å²) in [7, 11) is 1.68. The molecule has 1 aromatic rings. The van der Waals surface area contributed by atoms with Gasteiger partial charge in [0.15, 0.2) is 0 Å². The second-order valence-electron chi connectivity index (χ2n) is 5.14. The van der Waals surface area contributed by atoms with Crippen LogP contribution in [0.3, 0.4) is 0 Å². The van der Waals surface area contributed by atoms with Gasteiger partial charge in [-0.05, 0) is 39.2 Å². The van der Waals surface area contributed by atoms with Crippen molar-refractivity contribution in [3.05, 3.63) is 23.6 Å². The fourth-order valence-corrected chi connectivity index (χ4v) is 2.76. The van der Waals surface area contributed by atoms with Gasteiger partial charge in [-0.15, -0.1) is 0 Å². The fraction of sp³-hybridized carbons (Fsp3) is 0.571.